The highest BCUT2D eigenvalue weighted by Gasteiger charge is 2.17. The van der Waals surface area contributed by atoms with Crippen molar-refractivity contribution in [2.75, 3.05) is 4.90 Å². The van der Waals surface area contributed by atoms with Gasteiger partial charge in [0, 0.05) is 48.0 Å². The van der Waals surface area contributed by atoms with Crippen molar-refractivity contribution in [3.63, 3.8) is 0 Å². The van der Waals surface area contributed by atoms with Gasteiger partial charge in [0.1, 0.15) is 11.2 Å². The first-order valence-electron chi connectivity index (χ1n) is 18.7. The molecule has 0 aliphatic heterocycles. The Morgan fingerprint density at radius 3 is 1.80 bits per heavy atom. The van der Waals surface area contributed by atoms with Crippen molar-refractivity contribution in [3.8, 4) is 33.4 Å². The summed E-state index contributed by atoms with van der Waals surface area (Å²) in [6, 6.07) is 72.2. The number of nitrogens with zero attached hydrogens (tertiary/aromatic N) is 1. The van der Waals surface area contributed by atoms with E-state index in [1.54, 1.807) is 0 Å². The zero-order valence-electron chi connectivity index (χ0n) is 29.8. The van der Waals surface area contributed by atoms with Crippen molar-refractivity contribution in [2.45, 2.75) is 0 Å². The van der Waals surface area contributed by atoms with E-state index in [2.05, 4.69) is 193 Å². The molecular weight excluding hydrogens is 687 g/mol. The largest absolute Gasteiger partial charge is 0.456 e. The summed E-state index contributed by atoms with van der Waals surface area (Å²) in [5.74, 6) is 0. The standard InChI is InChI=1S/C52H33NOS/c1-2-10-34(11-3-1)35-20-26-40(27-21-35)53(42-13-8-12-38(33-42)43-16-9-19-50-52(43)46-15-5-7-18-49(46)55-50)41-28-22-36(23-29-41)37-24-30-44-39(32-37)25-31-48-51(44)45-14-4-6-17-47(45)54-48/h1-33H. The first-order valence-corrected chi connectivity index (χ1v) is 19.5. The van der Waals surface area contributed by atoms with Gasteiger partial charge in [-0.05, 0) is 111 Å². The predicted octanol–water partition coefficient (Wildman–Crippen LogP) is 15.6. The Morgan fingerprint density at radius 1 is 0.345 bits per heavy atom. The number of rotatable bonds is 6. The molecule has 3 heteroatoms. The molecule has 2 nitrogen and oxygen atoms in total. The Labute approximate surface area is 322 Å². The van der Waals surface area contributed by atoms with Crippen LogP contribution in [0.1, 0.15) is 0 Å². The molecule has 0 radical (unpaired) electrons. The normalized spacial score (nSPS) is 11.6. The summed E-state index contributed by atoms with van der Waals surface area (Å²) in [6.07, 6.45) is 0. The topological polar surface area (TPSA) is 16.4 Å². The molecule has 0 saturated heterocycles. The molecule has 0 amide bonds. The molecule has 258 valence electrons. The fourth-order valence-electron chi connectivity index (χ4n) is 8.24. The molecule has 55 heavy (non-hydrogen) atoms. The molecule has 11 rings (SSSR count). The maximum absolute atomic E-state index is 6.17. The Hall–Kier alpha value is -6.94. The highest BCUT2D eigenvalue weighted by atomic mass is 32.1. The van der Waals surface area contributed by atoms with Crippen LogP contribution in [-0.2, 0) is 0 Å². The summed E-state index contributed by atoms with van der Waals surface area (Å²) in [5.41, 5.74) is 12.4. The molecule has 2 aromatic heterocycles. The van der Waals surface area contributed by atoms with Gasteiger partial charge in [-0.25, -0.2) is 0 Å². The number of thiophene rings is 1. The van der Waals surface area contributed by atoms with Gasteiger partial charge in [0.15, 0.2) is 0 Å². The van der Waals surface area contributed by atoms with Crippen molar-refractivity contribution in [1.29, 1.82) is 0 Å². The van der Waals surface area contributed by atoms with Gasteiger partial charge >= 0.3 is 0 Å². The van der Waals surface area contributed by atoms with Gasteiger partial charge in [-0.1, -0.05) is 133 Å². The van der Waals surface area contributed by atoms with Crippen molar-refractivity contribution in [2.24, 2.45) is 0 Å². The van der Waals surface area contributed by atoms with Crippen LogP contribution in [0.3, 0.4) is 0 Å². The van der Waals surface area contributed by atoms with Crippen molar-refractivity contribution < 1.29 is 4.42 Å². The van der Waals surface area contributed by atoms with Gasteiger partial charge in [0.2, 0.25) is 0 Å². The van der Waals surface area contributed by atoms with Crippen LogP contribution in [0, 0.1) is 0 Å². The van der Waals surface area contributed by atoms with Gasteiger partial charge in [-0.15, -0.1) is 11.3 Å². The number of fused-ring (bicyclic) bond motifs is 8. The van der Waals surface area contributed by atoms with E-state index in [9.17, 15) is 0 Å². The van der Waals surface area contributed by atoms with Crippen LogP contribution in [0.15, 0.2) is 205 Å². The molecule has 0 N–H and O–H groups in total. The molecule has 0 fully saturated rings. The predicted molar refractivity (Wildman–Crippen MR) is 235 cm³/mol. The van der Waals surface area contributed by atoms with E-state index < -0.39 is 0 Å². The second kappa shape index (κ2) is 12.9. The molecule has 0 atom stereocenters. The van der Waals surface area contributed by atoms with E-state index in [0.717, 1.165) is 33.6 Å². The van der Waals surface area contributed by atoms with Crippen LogP contribution in [0.2, 0.25) is 0 Å². The summed E-state index contributed by atoms with van der Waals surface area (Å²) in [6.45, 7) is 0. The fourth-order valence-corrected chi connectivity index (χ4v) is 9.38. The Bertz CT molecular complexity index is 3190. The highest BCUT2D eigenvalue weighted by Crippen LogP contribution is 2.43. The second-order valence-corrected chi connectivity index (χ2v) is 15.2. The average Bonchev–Trinajstić information content (AvgIpc) is 3.84. The molecule has 11 aromatic rings. The lowest BCUT2D eigenvalue weighted by atomic mass is 9.97. The Balaban J connectivity index is 1.01. The molecule has 0 bridgehead atoms. The van der Waals surface area contributed by atoms with E-state index in [1.807, 2.05) is 23.5 Å². The Kier molecular flexibility index (Phi) is 7.39. The summed E-state index contributed by atoms with van der Waals surface area (Å²) >= 11 is 1.86. The first kappa shape index (κ1) is 31.6. The van der Waals surface area contributed by atoms with Gasteiger partial charge in [0.05, 0.1) is 0 Å². The van der Waals surface area contributed by atoms with E-state index in [-0.39, 0.29) is 0 Å². The molecule has 2 heterocycles. The summed E-state index contributed by atoms with van der Waals surface area (Å²) in [7, 11) is 0. The highest BCUT2D eigenvalue weighted by molar-refractivity contribution is 7.25. The summed E-state index contributed by atoms with van der Waals surface area (Å²) in [5, 5.41) is 7.37. The quantitative estimate of drug-likeness (QED) is 0.170. The maximum atomic E-state index is 6.17. The van der Waals surface area contributed by atoms with E-state index in [1.165, 1.54) is 69.7 Å². The molecule has 9 aromatic carbocycles. The zero-order chi connectivity index (χ0) is 36.3. The second-order valence-electron chi connectivity index (χ2n) is 14.1. The SMILES string of the molecule is c1ccc(-c2ccc(N(c3ccc(-c4ccc5c(ccc6oc7ccccc7c65)c4)cc3)c3cccc(-c4cccc5sc6ccccc6c45)c3)cc2)cc1. The summed E-state index contributed by atoms with van der Waals surface area (Å²) in [4.78, 5) is 2.37. The minimum absolute atomic E-state index is 0.923. The van der Waals surface area contributed by atoms with E-state index >= 15 is 0 Å². The van der Waals surface area contributed by atoms with Crippen LogP contribution in [-0.4, -0.2) is 0 Å². The van der Waals surface area contributed by atoms with Crippen LogP contribution in [0.4, 0.5) is 17.1 Å². The first-order chi connectivity index (χ1) is 27.2. The van der Waals surface area contributed by atoms with Crippen LogP contribution < -0.4 is 4.90 Å². The molecule has 0 aliphatic carbocycles. The number of hydrogen-bond acceptors (Lipinski definition) is 3. The molecule has 0 saturated carbocycles. The number of anilines is 3. The third-order valence-electron chi connectivity index (χ3n) is 10.9. The minimum Gasteiger partial charge on any atom is -0.456 e. The lowest BCUT2D eigenvalue weighted by Crippen LogP contribution is -2.10. The van der Waals surface area contributed by atoms with Crippen molar-refractivity contribution in [1.82, 2.24) is 0 Å². The molecule has 0 aliphatic rings. The summed E-state index contributed by atoms with van der Waals surface area (Å²) < 4.78 is 8.80. The lowest BCUT2D eigenvalue weighted by Gasteiger charge is -2.26. The van der Waals surface area contributed by atoms with Crippen molar-refractivity contribution in [3.05, 3.63) is 200 Å². The lowest BCUT2D eigenvalue weighted by molar-refractivity contribution is 0.669. The van der Waals surface area contributed by atoms with Gasteiger partial charge in [0.25, 0.3) is 0 Å². The zero-order valence-corrected chi connectivity index (χ0v) is 30.6. The number of para-hydroxylation sites is 1. The number of hydrogen-bond donors (Lipinski definition) is 0. The minimum atomic E-state index is 0.923. The number of furan rings is 1. The smallest absolute Gasteiger partial charge is 0.136 e. The van der Waals surface area contributed by atoms with E-state index in [4.69, 9.17) is 4.42 Å². The van der Waals surface area contributed by atoms with E-state index in [0.29, 0.717) is 0 Å². The van der Waals surface area contributed by atoms with Crippen LogP contribution in [0.25, 0.3) is 86.3 Å². The maximum Gasteiger partial charge on any atom is 0.136 e. The molecule has 0 spiro atoms. The number of benzene rings is 9. The average molecular weight is 720 g/mol. The van der Waals surface area contributed by atoms with Gasteiger partial charge in [-0.2, -0.15) is 0 Å². The fraction of sp³-hybridized carbons (Fsp3) is 0. The third kappa shape index (κ3) is 5.40. The van der Waals surface area contributed by atoms with Gasteiger partial charge in [-0.3, -0.25) is 0 Å². The monoisotopic (exact) mass is 719 g/mol. The van der Waals surface area contributed by atoms with Crippen molar-refractivity contribution >= 4 is 81.3 Å². The molecule has 0 unspecified atom stereocenters. The van der Waals surface area contributed by atoms with Crippen LogP contribution in [0.5, 0.6) is 0 Å². The van der Waals surface area contributed by atoms with Crippen LogP contribution >= 0.6 is 11.3 Å². The van der Waals surface area contributed by atoms with Gasteiger partial charge < -0.3 is 9.32 Å². The Morgan fingerprint density at radius 2 is 0.982 bits per heavy atom. The molecular formula is C52H33NOS. The third-order valence-corrected chi connectivity index (χ3v) is 12.0.